The summed E-state index contributed by atoms with van der Waals surface area (Å²) in [5.41, 5.74) is 0. The summed E-state index contributed by atoms with van der Waals surface area (Å²) in [5, 5.41) is 0. The van der Waals surface area contributed by atoms with Gasteiger partial charge >= 0.3 is 0 Å². The molecule has 3 heteroatoms. The van der Waals surface area contributed by atoms with E-state index >= 15 is 0 Å². The highest BCUT2D eigenvalue weighted by Gasteiger charge is 2.14. The highest BCUT2D eigenvalue weighted by molar-refractivity contribution is 7.91. The Bertz CT molecular complexity index is 174. The fraction of sp³-hybridized carbons (Fsp3) is 1.00. The van der Waals surface area contributed by atoms with Gasteiger partial charge in [0.05, 0.1) is 11.5 Å². The average Bonchev–Trinajstić information content (AvgIpc) is 1.53. The van der Waals surface area contributed by atoms with E-state index in [0.717, 1.165) is 0 Å². The molecular weight excluding hydrogens is 160 g/mol. The van der Waals surface area contributed by atoms with Gasteiger partial charge in [-0.3, -0.25) is 0 Å². The first-order valence-corrected chi connectivity index (χ1v) is 5.86. The van der Waals surface area contributed by atoms with E-state index in [4.69, 9.17) is 0 Å². The predicted molar refractivity (Wildman–Crippen MR) is 48.3 cm³/mol. The molecule has 0 amide bonds. The minimum Gasteiger partial charge on any atom is -0.229 e. The van der Waals surface area contributed by atoms with Crippen molar-refractivity contribution < 1.29 is 8.42 Å². The molecule has 2 nitrogen and oxygen atoms in total. The van der Waals surface area contributed by atoms with Crippen LogP contribution in [-0.4, -0.2) is 19.9 Å². The quantitative estimate of drug-likeness (QED) is 0.657. The van der Waals surface area contributed by atoms with Crippen molar-refractivity contribution in [3.8, 4) is 0 Å². The Balaban J connectivity index is 4.03. The van der Waals surface area contributed by atoms with E-state index in [9.17, 15) is 8.42 Å². The molecule has 0 bridgehead atoms. The fourth-order valence-electron chi connectivity index (χ4n) is 1.08. The third-order valence-corrected chi connectivity index (χ3v) is 3.52. The van der Waals surface area contributed by atoms with Gasteiger partial charge in [0.25, 0.3) is 0 Å². The molecule has 0 aromatic heterocycles. The van der Waals surface area contributed by atoms with Gasteiger partial charge in [-0.15, -0.1) is 0 Å². The number of hydrogen-bond donors (Lipinski definition) is 0. The Morgan fingerprint density at radius 2 is 1.18 bits per heavy atom. The maximum atomic E-state index is 11.3. The van der Waals surface area contributed by atoms with E-state index in [1.165, 1.54) is 0 Å². The van der Waals surface area contributed by atoms with E-state index in [2.05, 4.69) is 0 Å². The summed E-state index contributed by atoms with van der Waals surface area (Å²) in [5.74, 6) is 1.15. The number of hydrogen-bond acceptors (Lipinski definition) is 2. The molecular formula is C8H18O2S. The van der Waals surface area contributed by atoms with Crippen LogP contribution in [0, 0.1) is 11.8 Å². The van der Waals surface area contributed by atoms with Crippen LogP contribution in [0.15, 0.2) is 0 Å². The zero-order chi connectivity index (χ0) is 9.07. The Labute approximate surface area is 69.9 Å². The molecule has 0 unspecified atom stereocenters. The van der Waals surface area contributed by atoms with Crippen molar-refractivity contribution in [1.82, 2.24) is 0 Å². The monoisotopic (exact) mass is 178 g/mol. The molecule has 0 spiro atoms. The van der Waals surface area contributed by atoms with Crippen LogP contribution in [0.4, 0.5) is 0 Å². The summed E-state index contributed by atoms with van der Waals surface area (Å²) in [7, 11) is -2.78. The van der Waals surface area contributed by atoms with Crippen LogP contribution >= 0.6 is 0 Å². The lowest BCUT2D eigenvalue weighted by Crippen LogP contribution is -2.18. The molecule has 0 aliphatic heterocycles. The fourth-order valence-corrected chi connectivity index (χ4v) is 3.25. The number of sulfone groups is 1. The zero-order valence-corrected chi connectivity index (χ0v) is 8.61. The van der Waals surface area contributed by atoms with Crippen LogP contribution in [0.5, 0.6) is 0 Å². The summed E-state index contributed by atoms with van der Waals surface area (Å²) in [4.78, 5) is 0. The summed E-state index contributed by atoms with van der Waals surface area (Å²) in [6, 6.07) is 0. The van der Waals surface area contributed by atoms with Gasteiger partial charge < -0.3 is 0 Å². The molecule has 68 valence electrons. The van der Waals surface area contributed by atoms with E-state index in [1.54, 1.807) is 0 Å². The van der Waals surface area contributed by atoms with Crippen molar-refractivity contribution in [2.45, 2.75) is 27.7 Å². The van der Waals surface area contributed by atoms with E-state index < -0.39 is 9.84 Å². The maximum absolute atomic E-state index is 11.3. The Morgan fingerprint density at radius 3 is 1.36 bits per heavy atom. The molecule has 0 atom stereocenters. The minimum atomic E-state index is -2.78. The van der Waals surface area contributed by atoms with Crippen molar-refractivity contribution in [1.29, 1.82) is 0 Å². The topological polar surface area (TPSA) is 34.1 Å². The normalized spacial score (nSPS) is 12.9. The lowest BCUT2D eigenvalue weighted by atomic mass is 10.3. The van der Waals surface area contributed by atoms with Crippen LogP contribution in [-0.2, 0) is 9.84 Å². The molecule has 0 heterocycles. The standard InChI is InChI=1S/C8H18O2S/c1-7(2)5-11(9,10)6-8(3)4/h7-8H,5-6H2,1-4H3. The van der Waals surface area contributed by atoms with Crippen molar-refractivity contribution >= 4 is 9.84 Å². The zero-order valence-electron chi connectivity index (χ0n) is 7.79. The third-order valence-electron chi connectivity index (χ3n) is 1.17. The van der Waals surface area contributed by atoms with Crippen LogP contribution in [0.2, 0.25) is 0 Å². The van der Waals surface area contributed by atoms with Crippen LogP contribution in [0.1, 0.15) is 27.7 Å². The molecule has 0 saturated carbocycles. The molecule has 0 radical (unpaired) electrons. The van der Waals surface area contributed by atoms with Crippen LogP contribution in [0.3, 0.4) is 0 Å². The van der Waals surface area contributed by atoms with Gasteiger partial charge in [0.1, 0.15) is 0 Å². The molecule has 0 rings (SSSR count). The average molecular weight is 178 g/mol. The third kappa shape index (κ3) is 6.35. The van der Waals surface area contributed by atoms with Crippen molar-refractivity contribution in [2.75, 3.05) is 11.5 Å². The van der Waals surface area contributed by atoms with Crippen molar-refractivity contribution in [3.63, 3.8) is 0 Å². The van der Waals surface area contributed by atoms with Gasteiger partial charge in [0, 0.05) is 0 Å². The van der Waals surface area contributed by atoms with E-state index in [1.807, 2.05) is 27.7 Å². The summed E-state index contributed by atoms with van der Waals surface area (Å²) in [6.45, 7) is 7.71. The molecule has 11 heavy (non-hydrogen) atoms. The first-order valence-electron chi connectivity index (χ1n) is 4.04. The first kappa shape index (κ1) is 11.0. The lowest BCUT2D eigenvalue weighted by molar-refractivity contribution is 0.569. The van der Waals surface area contributed by atoms with Gasteiger partial charge in [0.2, 0.25) is 0 Å². The molecule has 0 aromatic rings. The highest BCUT2D eigenvalue weighted by Crippen LogP contribution is 2.05. The second kappa shape index (κ2) is 4.10. The van der Waals surface area contributed by atoms with E-state index in [0.29, 0.717) is 11.5 Å². The van der Waals surface area contributed by atoms with Gasteiger partial charge in [-0.2, -0.15) is 0 Å². The first-order chi connectivity index (χ1) is 4.83. The molecule has 0 aromatic carbocycles. The minimum absolute atomic E-state index is 0.249. The summed E-state index contributed by atoms with van der Waals surface area (Å²) < 4.78 is 22.5. The molecule has 0 N–H and O–H groups in total. The molecule has 0 fully saturated rings. The maximum Gasteiger partial charge on any atom is 0.150 e. The van der Waals surface area contributed by atoms with Crippen molar-refractivity contribution in [2.24, 2.45) is 11.8 Å². The van der Waals surface area contributed by atoms with Gasteiger partial charge in [0.15, 0.2) is 9.84 Å². The smallest absolute Gasteiger partial charge is 0.150 e. The number of rotatable bonds is 4. The Hall–Kier alpha value is -0.0500. The predicted octanol–water partition coefficient (Wildman–Crippen LogP) is 1.71. The molecule has 0 aliphatic carbocycles. The van der Waals surface area contributed by atoms with Crippen molar-refractivity contribution in [3.05, 3.63) is 0 Å². The van der Waals surface area contributed by atoms with Crippen LogP contribution < -0.4 is 0 Å². The molecule has 0 aliphatic rings. The van der Waals surface area contributed by atoms with Gasteiger partial charge in [-0.1, -0.05) is 27.7 Å². The second-order valence-electron chi connectivity index (χ2n) is 3.86. The SMILES string of the molecule is CC(C)CS(=O)(=O)CC(C)C. The van der Waals surface area contributed by atoms with Crippen LogP contribution in [0.25, 0.3) is 0 Å². The van der Waals surface area contributed by atoms with E-state index in [-0.39, 0.29) is 11.8 Å². The van der Waals surface area contributed by atoms with Gasteiger partial charge in [-0.25, -0.2) is 8.42 Å². The Kier molecular flexibility index (Phi) is 4.08. The lowest BCUT2D eigenvalue weighted by Gasteiger charge is -2.08. The summed E-state index contributed by atoms with van der Waals surface area (Å²) >= 11 is 0. The summed E-state index contributed by atoms with van der Waals surface area (Å²) in [6.07, 6.45) is 0. The Morgan fingerprint density at radius 1 is 0.909 bits per heavy atom. The largest absolute Gasteiger partial charge is 0.229 e. The molecule has 0 saturated heterocycles. The highest BCUT2D eigenvalue weighted by atomic mass is 32.2. The van der Waals surface area contributed by atoms with Gasteiger partial charge in [-0.05, 0) is 11.8 Å². The second-order valence-corrected chi connectivity index (χ2v) is 6.02.